The SMILES string of the molecule is CCCCCCCCCCCC/C=C\C(Sc1nc(C)c(C(=O)OC)n1C)C(O)CCC(=O)OC. The van der Waals surface area contributed by atoms with E-state index in [2.05, 4.69) is 18.0 Å². The van der Waals surface area contributed by atoms with Crippen LogP contribution in [-0.2, 0) is 21.3 Å². The third-order valence-electron chi connectivity index (χ3n) is 6.15. The Hall–Kier alpha value is -1.80. The fourth-order valence-electron chi connectivity index (χ4n) is 3.98. The Kier molecular flexibility index (Phi) is 16.5. The number of nitrogens with zero attached hydrogens (tertiary/aromatic N) is 2. The van der Waals surface area contributed by atoms with Gasteiger partial charge in [0.25, 0.3) is 0 Å². The van der Waals surface area contributed by atoms with Gasteiger partial charge in [-0.05, 0) is 26.2 Å². The molecule has 2 unspecified atom stereocenters. The molecule has 1 N–H and O–H groups in total. The summed E-state index contributed by atoms with van der Waals surface area (Å²) in [5.41, 5.74) is 0.978. The van der Waals surface area contributed by atoms with Crippen LogP contribution in [0.5, 0.6) is 0 Å². The molecule has 1 aromatic heterocycles. The highest BCUT2D eigenvalue weighted by molar-refractivity contribution is 8.00. The molecule has 2 atom stereocenters. The number of methoxy groups -OCH3 is 2. The van der Waals surface area contributed by atoms with Gasteiger partial charge >= 0.3 is 11.9 Å². The second-order valence-corrected chi connectivity index (χ2v) is 10.2. The normalized spacial score (nSPS) is 13.2. The Bertz CT molecular complexity index is 778. The summed E-state index contributed by atoms with van der Waals surface area (Å²) in [4.78, 5) is 28.2. The van der Waals surface area contributed by atoms with Gasteiger partial charge in [-0.1, -0.05) is 88.6 Å². The monoisotopic (exact) mass is 510 g/mol. The van der Waals surface area contributed by atoms with Crippen molar-refractivity contribution in [2.45, 2.75) is 114 Å². The molecule has 1 aromatic rings. The number of hydrogen-bond acceptors (Lipinski definition) is 7. The van der Waals surface area contributed by atoms with Crippen LogP contribution in [0.25, 0.3) is 0 Å². The number of aliphatic hydroxyl groups is 1. The molecule has 0 fully saturated rings. The average molecular weight is 511 g/mol. The molecule has 35 heavy (non-hydrogen) atoms. The van der Waals surface area contributed by atoms with E-state index in [-0.39, 0.29) is 17.6 Å². The smallest absolute Gasteiger partial charge is 0.356 e. The minimum Gasteiger partial charge on any atom is -0.469 e. The highest BCUT2D eigenvalue weighted by Crippen LogP contribution is 2.29. The van der Waals surface area contributed by atoms with E-state index < -0.39 is 12.1 Å². The van der Waals surface area contributed by atoms with Gasteiger partial charge in [0.15, 0.2) is 10.9 Å². The molecule has 0 amide bonds. The van der Waals surface area contributed by atoms with Crippen LogP contribution < -0.4 is 0 Å². The molecule has 0 aliphatic rings. The number of esters is 2. The van der Waals surface area contributed by atoms with Crippen LogP contribution in [-0.4, -0.2) is 52.2 Å². The third kappa shape index (κ3) is 12.1. The maximum atomic E-state index is 12.1. The van der Waals surface area contributed by atoms with Crippen LogP contribution in [0.3, 0.4) is 0 Å². The van der Waals surface area contributed by atoms with Crippen molar-refractivity contribution in [3.8, 4) is 0 Å². The number of carbonyl (C=O) groups is 2. The summed E-state index contributed by atoms with van der Waals surface area (Å²) >= 11 is 1.38. The van der Waals surface area contributed by atoms with E-state index in [4.69, 9.17) is 9.47 Å². The molecular formula is C27H46N2O5S. The van der Waals surface area contributed by atoms with Crippen LogP contribution in [0.2, 0.25) is 0 Å². The zero-order chi connectivity index (χ0) is 26.1. The zero-order valence-corrected chi connectivity index (χ0v) is 23.2. The van der Waals surface area contributed by atoms with Crippen LogP contribution in [0.4, 0.5) is 0 Å². The van der Waals surface area contributed by atoms with E-state index in [9.17, 15) is 14.7 Å². The molecule has 0 aliphatic carbocycles. The zero-order valence-electron chi connectivity index (χ0n) is 22.4. The first-order valence-corrected chi connectivity index (χ1v) is 13.9. The lowest BCUT2D eigenvalue weighted by atomic mass is 10.1. The first-order valence-electron chi connectivity index (χ1n) is 13.0. The summed E-state index contributed by atoms with van der Waals surface area (Å²) in [7, 11) is 4.45. The highest BCUT2D eigenvalue weighted by atomic mass is 32.2. The van der Waals surface area contributed by atoms with Crippen molar-refractivity contribution >= 4 is 23.7 Å². The summed E-state index contributed by atoms with van der Waals surface area (Å²) in [5, 5.41) is 11.1. The van der Waals surface area contributed by atoms with Crippen LogP contribution in [0, 0.1) is 6.92 Å². The predicted octanol–water partition coefficient (Wildman–Crippen LogP) is 6.16. The van der Waals surface area contributed by atoms with E-state index in [0.717, 1.165) is 12.8 Å². The molecule has 0 saturated carbocycles. The van der Waals surface area contributed by atoms with Crippen LogP contribution in [0.15, 0.2) is 17.3 Å². The molecule has 1 rings (SSSR count). The van der Waals surface area contributed by atoms with Crippen molar-refractivity contribution in [1.29, 1.82) is 0 Å². The average Bonchev–Trinajstić information content (AvgIpc) is 3.13. The predicted molar refractivity (Wildman–Crippen MR) is 142 cm³/mol. The number of aliphatic hydroxyl groups excluding tert-OH is 1. The Morgan fingerprint density at radius 1 is 1.03 bits per heavy atom. The fourth-order valence-corrected chi connectivity index (χ4v) is 5.14. The minimum absolute atomic E-state index is 0.147. The van der Waals surface area contributed by atoms with E-state index in [1.165, 1.54) is 83.8 Å². The molecular weight excluding hydrogens is 464 g/mol. The number of unbranched alkanes of at least 4 members (excludes halogenated alkanes) is 10. The van der Waals surface area contributed by atoms with E-state index >= 15 is 0 Å². The molecule has 1 heterocycles. The molecule has 0 radical (unpaired) electrons. The number of allylic oxidation sites excluding steroid dienone is 1. The van der Waals surface area contributed by atoms with Gasteiger partial charge in [0, 0.05) is 13.5 Å². The van der Waals surface area contributed by atoms with E-state index in [0.29, 0.717) is 23.0 Å². The third-order valence-corrected chi connectivity index (χ3v) is 7.47. The van der Waals surface area contributed by atoms with Gasteiger partial charge in [-0.3, -0.25) is 4.79 Å². The number of aromatic nitrogens is 2. The number of imidazole rings is 1. The van der Waals surface area contributed by atoms with Crippen molar-refractivity contribution < 1.29 is 24.2 Å². The summed E-state index contributed by atoms with van der Waals surface area (Å²) < 4.78 is 11.3. The molecule has 0 aliphatic heterocycles. The van der Waals surface area contributed by atoms with Gasteiger partial charge in [0.2, 0.25) is 0 Å². The summed E-state index contributed by atoms with van der Waals surface area (Å²) in [6.07, 6.45) is 17.7. The summed E-state index contributed by atoms with van der Waals surface area (Å²) in [5.74, 6) is -0.786. The van der Waals surface area contributed by atoms with Gasteiger partial charge in [-0.2, -0.15) is 0 Å². The van der Waals surface area contributed by atoms with Crippen molar-refractivity contribution in [3.05, 3.63) is 23.5 Å². The number of hydrogen-bond donors (Lipinski definition) is 1. The van der Waals surface area contributed by atoms with Gasteiger partial charge in [-0.25, -0.2) is 9.78 Å². The van der Waals surface area contributed by atoms with Crippen molar-refractivity contribution in [2.75, 3.05) is 14.2 Å². The first-order chi connectivity index (χ1) is 16.8. The molecule has 0 bridgehead atoms. The highest BCUT2D eigenvalue weighted by Gasteiger charge is 2.25. The van der Waals surface area contributed by atoms with E-state index in [1.54, 1.807) is 18.5 Å². The van der Waals surface area contributed by atoms with Crippen LogP contribution >= 0.6 is 11.8 Å². The molecule has 0 spiro atoms. The van der Waals surface area contributed by atoms with E-state index in [1.807, 2.05) is 6.08 Å². The Morgan fingerprint density at radius 3 is 2.20 bits per heavy atom. The number of aryl methyl sites for hydroxylation is 1. The Labute approximate surface area is 216 Å². The van der Waals surface area contributed by atoms with Gasteiger partial charge in [0.1, 0.15) is 0 Å². The molecule has 0 saturated heterocycles. The lowest BCUT2D eigenvalue weighted by Crippen LogP contribution is -2.23. The first kappa shape index (κ1) is 31.2. The summed E-state index contributed by atoms with van der Waals surface area (Å²) in [6.45, 7) is 4.01. The maximum Gasteiger partial charge on any atom is 0.356 e. The minimum atomic E-state index is -0.748. The van der Waals surface area contributed by atoms with Gasteiger partial charge in [-0.15, -0.1) is 0 Å². The van der Waals surface area contributed by atoms with Gasteiger partial charge in [0.05, 0.1) is 31.3 Å². The lowest BCUT2D eigenvalue weighted by Gasteiger charge is -2.19. The molecule has 8 heteroatoms. The summed E-state index contributed by atoms with van der Waals surface area (Å²) in [6, 6.07) is 0. The van der Waals surface area contributed by atoms with Gasteiger partial charge < -0.3 is 19.1 Å². The molecule has 7 nitrogen and oxygen atoms in total. The number of rotatable bonds is 19. The Balaban J connectivity index is 2.61. The fraction of sp³-hybridized carbons (Fsp3) is 0.741. The lowest BCUT2D eigenvalue weighted by molar-refractivity contribution is -0.141. The Morgan fingerprint density at radius 2 is 1.63 bits per heavy atom. The van der Waals surface area contributed by atoms with Crippen LogP contribution in [0.1, 0.15) is 107 Å². The molecule has 200 valence electrons. The number of carbonyl (C=O) groups excluding carboxylic acids is 2. The van der Waals surface area contributed by atoms with Crippen molar-refractivity contribution in [1.82, 2.24) is 9.55 Å². The quantitative estimate of drug-likeness (QED) is 0.103. The largest absolute Gasteiger partial charge is 0.469 e. The molecule has 0 aromatic carbocycles. The second-order valence-electron chi connectivity index (χ2n) is 9.04. The maximum absolute atomic E-state index is 12.1. The topological polar surface area (TPSA) is 90.6 Å². The second kappa shape index (κ2) is 18.5. The standard InChI is InChI=1S/C27H46N2O5S/c1-6-7-8-9-10-11-12-13-14-15-16-17-18-23(22(30)19-20-24(31)33-4)35-27-28-21(2)25(29(27)3)26(32)34-5/h17-18,22-23,30H,6-16,19-20H2,1-5H3/b18-17-. The number of thioether (sulfide) groups is 1. The van der Waals surface area contributed by atoms with Crippen molar-refractivity contribution in [3.63, 3.8) is 0 Å². The number of ether oxygens (including phenoxy) is 2. The van der Waals surface area contributed by atoms with Crippen molar-refractivity contribution in [2.24, 2.45) is 7.05 Å².